The number of imidazole rings is 1. The molecule has 0 N–H and O–H groups in total. The van der Waals surface area contributed by atoms with E-state index in [1.54, 1.807) is 0 Å². The second kappa shape index (κ2) is 8.92. The van der Waals surface area contributed by atoms with E-state index >= 15 is 0 Å². The first-order valence-electron chi connectivity index (χ1n) is 13.9. The van der Waals surface area contributed by atoms with Gasteiger partial charge in [-0.3, -0.25) is 9.36 Å². The smallest absolute Gasteiger partial charge is 0.310 e. The number of para-hydroxylation sites is 3. The predicted octanol–water partition coefficient (Wildman–Crippen LogP) is 7.21. The molecule has 0 amide bonds. The Bertz CT molecular complexity index is 2530. The molecular formula is C35H20N6O2. The van der Waals surface area contributed by atoms with Crippen molar-refractivity contribution >= 4 is 49.7 Å². The van der Waals surface area contributed by atoms with Crippen molar-refractivity contribution < 1.29 is 4.42 Å². The van der Waals surface area contributed by atoms with Crippen LogP contribution in [0.3, 0.4) is 0 Å². The van der Waals surface area contributed by atoms with Crippen molar-refractivity contribution in [3.8, 4) is 28.7 Å². The molecule has 8 nitrogen and oxygen atoms in total. The van der Waals surface area contributed by atoms with Crippen LogP contribution in [0.2, 0.25) is 0 Å². The molecule has 0 radical (unpaired) electrons. The van der Waals surface area contributed by atoms with E-state index in [4.69, 9.17) is 19.4 Å². The number of hydrogen-bond donors (Lipinski definition) is 0. The Balaban J connectivity index is 1.39. The van der Waals surface area contributed by atoms with Gasteiger partial charge in [-0.15, -0.1) is 0 Å². The number of fused-ring (bicyclic) bond motifs is 7. The van der Waals surface area contributed by atoms with Gasteiger partial charge < -0.3 is 4.42 Å². The van der Waals surface area contributed by atoms with Crippen molar-refractivity contribution in [2.45, 2.75) is 0 Å². The van der Waals surface area contributed by atoms with E-state index < -0.39 is 0 Å². The summed E-state index contributed by atoms with van der Waals surface area (Å²) >= 11 is 0. The van der Waals surface area contributed by atoms with E-state index in [-0.39, 0.29) is 11.4 Å². The van der Waals surface area contributed by atoms with Crippen molar-refractivity contribution in [2.75, 3.05) is 0 Å². The Labute approximate surface area is 243 Å². The Morgan fingerprint density at radius 3 is 1.88 bits per heavy atom. The topological polar surface area (TPSA) is 91.1 Å². The SMILES string of the molecule is O=c1c2cc3c4ccccc4n(-c4nc(-c5ccccc5)nc(-c5ccccc5)n4)c3cc2oc2nc3ccccc3n12. The molecule has 5 aromatic carbocycles. The third kappa shape index (κ3) is 3.53. The molecule has 8 heteroatoms. The Hall–Kier alpha value is -6.15. The van der Waals surface area contributed by atoms with Crippen molar-refractivity contribution in [3.05, 3.63) is 132 Å². The predicted molar refractivity (Wildman–Crippen MR) is 167 cm³/mol. The molecule has 0 aliphatic heterocycles. The van der Waals surface area contributed by atoms with E-state index in [0.29, 0.717) is 39.6 Å². The highest BCUT2D eigenvalue weighted by Crippen LogP contribution is 2.34. The monoisotopic (exact) mass is 556 g/mol. The van der Waals surface area contributed by atoms with Crippen LogP contribution in [0.1, 0.15) is 0 Å². The maximum atomic E-state index is 13.8. The molecule has 0 spiro atoms. The normalized spacial score (nSPS) is 11.8. The van der Waals surface area contributed by atoms with Crippen molar-refractivity contribution in [1.82, 2.24) is 28.9 Å². The van der Waals surface area contributed by atoms with Gasteiger partial charge in [0.25, 0.3) is 5.56 Å². The second-order valence-corrected chi connectivity index (χ2v) is 10.4. The molecule has 9 aromatic rings. The van der Waals surface area contributed by atoms with Crippen LogP contribution in [-0.2, 0) is 0 Å². The maximum Gasteiger partial charge on any atom is 0.310 e. The van der Waals surface area contributed by atoms with Crippen LogP contribution in [0.5, 0.6) is 0 Å². The maximum absolute atomic E-state index is 13.8. The zero-order valence-corrected chi connectivity index (χ0v) is 22.5. The first-order valence-corrected chi connectivity index (χ1v) is 13.9. The summed E-state index contributed by atoms with van der Waals surface area (Å²) in [5.41, 5.74) is 5.14. The fourth-order valence-corrected chi connectivity index (χ4v) is 5.85. The highest BCUT2D eigenvalue weighted by atomic mass is 16.4. The minimum absolute atomic E-state index is 0.179. The minimum Gasteiger partial charge on any atom is -0.424 e. The summed E-state index contributed by atoms with van der Waals surface area (Å²) in [5.74, 6) is 1.84. The van der Waals surface area contributed by atoms with E-state index in [2.05, 4.69) is 4.98 Å². The summed E-state index contributed by atoms with van der Waals surface area (Å²) in [7, 11) is 0. The molecule has 0 unspecified atom stereocenters. The van der Waals surface area contributed by atoms with Crippen LogP contribution in [0.25, 0.3) is 78.4 Å². The first kappa shape index (κ1) is 23.5. The zero-order chi connectivity index (χ0) is 28.5. The minimum atomic E-state index is -0.179. The third-order valence-electron chi connectivity index (χ3n) is 7.83. The largest absolute Gasteiger partial charge is 0.424 e. The van der Waals surface area contributed by atoms with Gasteiger partial charge in [-0.1, -0.05) is 91.0 Å². The molecule has 9 rings (SSSR count). The molecule has 4 heterocycles. The lowest BCUT2D eigenvalue weighted by Crippen LogP contribution is -2.12. The summed E-state index contributed by atoms with van der Waals surface area (Å²) < 4.78 is 9.82. The molecule has 43 heavy (non-hydrogen) atoms. The average Bonchev–Trinajstić information content (AvgIpc) is 3.60. The quantitative estimate of drug-likeness (QED) is 0.228. The zero-order valence-electron chi connectivity index (χ0n) is 22.5. The number of rotatable bonds is 3. The van der Waals surface area contributed by atoms with Gasteiger partial charge in [0, 0.05) is 28.0 Å². The standard InChI is InChI=1S/C35H20N6O2/c42-33-25-19-24-23-15-7-9-17-27(23)40(29(24)20-30(25)43-35-36-26-16-8-10-18-28(26)41(33)35)34-38-31(21-11-3-1-4-12-21)37-32(39-34)22-13-5-2-6-14-22/h1-20H. The van der Waals surface area contributed by atoms with Crippen LogP contribution >= 0.6 is 0 Å². The van der Waals surface area contributed by atoms with E-state index in [1.165, 1.54) is 4.40 Å². The van der Waals surface area contributed by atoms with E-state index in [9.17, 15) is 4.79 Å². The molecule has 0 saturated heterocycles. The van der Waals surface area contributed by atoms with Gasteiger partial charge in [-0.2, -0.15) is 15.0 Å². The second-order valence-electron chi connectivity index (χ2n) is 10.4. The molecule has 0 saturated carbocycles. The van der Waals surface area contributed by atoms with Crippen molar-refractivity contribution in [1.29, 1.82) is 0 Å². The lowest BCUT2D eigenvalue weighted by molar-refractivity contribution is 0.617. The number of benzene rings is 5. The Morgan fingerprint density at radius 1 is 0.535 bits per heavy atom. The molecule has 0 atom stereocenters. The average molecular weight is 557 g/mol. The molecule has 0 bridgehead atoms. The third-order valence-corrected chi connectivity index (χ3v) is 7.83. The van der Waals surface area contributed by atoms with Gasteiger partial charge in [0.1, 0.15) is 5.58 Å². The Morgan fingerprint density at radius 2 is 1.16 bits per heavy atom. The molecule has 4 aromatic heterocycles. The summed E-state index contributed by atoms with van der Waals surface area (Å²) in [5, 5.41) is 2.33. The van der Waals surface area contributed by atoms with Crippen LogP contribution in [0.15, 0.2) is 131 Å². The molecular weight excluding hydrogens is 536 g/mol. The van der Waals surface area contributed by atoms with Gasteiger partial charge in [0.15, 0.2) is 11.6 Å². The van der Waals surface area contributed by atoms with Gasteiger partial charge in [-0.05, 0) is 24.3 Å². The molecule has 0 aliphatic carbocycles. The molecule has 0 aliphatic rings. The highest BCUT2D eigenvalue weighted by Gasteiger charge is 2.20. The lowest BCUT2D eigenvalue weighted by Gasteiger charge is -2.11. The summed E-state index contributed by atoms with van der Waals surface area (Å²) in [4.78, 5) is 33.2. The highest BCUT2D eigenvalue weighted by molar-refractivity contribution is 6.12. The fourth-order valence-electron chi connectivity index (χ4n) is 5.85. The van der Waals surface area contributed by atoms with Gasteiger partial charge in [0.05, 0.1) is 27.5 Å². The number of nitrogens with zero attached hydrogens (tertiary/aromatic N) is 6. The van der Waals surface area contributed by atoms with Crippen LogP contribution < -0.4 is 5.56 Å². The van der Waals surface area contributed by atoms with Crippen molar-refractivity contribution in [3.63, 3.8) is 0 Å². The van der Waals surface area contributed by atoms with Gasteiger partial charge >= 0.3 is 5.84 Å². The first-order chi connectivity index (χ1) is 21.2. The van der Waals surface area contributed by atoms with Gasteiger partial charge in [-0.25, -0.2) is 9.38 Å². The number of hydrogen-bond acceptors (Lipinski definition) is 6. The van der Waals surface area contributed by atoms with E-state index in [1.807, 2.05) is 126 Å². The summed E-state index contributed by atoms with van der Waals surface area (Å²) in [6.07, 6.45) is 0. The summed E-state index contributed by atoms with van der Waals surface area (Å²) in [6, 6.07) is 39.1. The van der Waals surface area contributed by atoms with Crippen LogP contribution in [-0.4, -0.2) is 28.9 Å². The summed E-state index contributed by atoms with van der Waals surface area (Å²) in [6.45, 7) is 0. The molecule has 0 fully saturated rings. The Kier molecular flexibility index (Phi) is 4.89. The van der Waals surface area contributed by atoms with Gasteiger partial charge in [0.2, 0.25) is 5.95 Å². The van der Waals surface area contributed by atoms with Crippen molar-refractivity contribution in [2.24, 2.45) is 0 Å². The van der Waals surface area contributed by atoms with Crippen LogP contribution in [0, 0.1) is 0 Å². The number of aromatic nitrogens is 6. The van der Waals surface area contributed by atoms with E-state index in [0.717, 1.165) is 32.9 Å². The lowest BCUT2D eigenvalue weighted by atomic mass is 10.1. The molecule has 202 valence electrons. The fraction of sp³-hybridized carbons (Fsp3) is 0. The van der Waals surface area contributed by atoms with Crippen LogP contribution in [0.4, 0.5) is 0 Å².